The molecule has 7 aliphatic rings. The molecule has 0 aromatic rings. The van der Waals surface area contributed by atoms with E-state index in [2.05, 4.69) is 34.6 Å². The van der Waals surface area contributed by atoms with Crippen LogP contribution in [0.4, 0.5) is 0 Å². The Morgan fingerprint density at radius 2 is 1.47 bits per heavy atom. The quantitative estimate of drug-likeness (QED) is 0.136. The minimum absolute atomic E-state index is 0.00700. The monoisotopic (exact) mass is 786 g/mol. The first-order valence-electron chi connectivity index (χ1n) is 20.9. The minimum Gasteiger partial charge on any atom is -0.394 e. The molecule has 55 heavy (non-hydrogen) atoms. The molecule has 2 heterocycles. The molecule has 0 aromatic carbocycles. The summed E-state index contributed by atoms with van der Waals surface area (Å²) in [6, 6.07) is 0. The Bertz CT molecular complexity index is 1390. The first-order valence-corrected chi connectivity index (χ1v) is 20.9. The van der Waals surface area contributed by atoms with Crippen molar-refractivity contribution in [2.24, 2.45) is 50.7 Å². The smallest absolute Gasteiger partial charge is 0.187 e. The third-order valence-electron chi connectivity index (χ3n) is 17.3. The van der Waals surface area contributed by atoms with Gasteiger partial charge < -0.3 is 70.0 Å². The van der Waals surface area contributed by atoms with Crippen LogP contribution >= 0.6 is 0 Å². The molecule has 0 bridgehead atoms. The van der Waals surface area contributed by atoms with Crippen LogP contribution in [0.3, 0.4) is 0 Å². The summed E-state index contributed by atoms with van der Waals surface area (Å²) < 4.78 is 23.7. The van der Waals surface area contributed by atoms with Crippen molar-refractivity contribution in [2.45, 2.75) is 192 Å². The van der Waals surface area contributed by atoms with E-state index in [0.717, 1.165) is 25.7 Å². The average Bonchev–Trinajstić information content (AvgIpc) is 3.70. The summed E-state index contributed by atoms with van der Waals surface area (Å²) in [4.78, 5) is 0. The van der Waals surface area contributed by atoms with Gasteiger partial charge in [0.15, 0.2) is 12.6 Å². The van der Waals surface area contributed by atoms with E-state index >= 15 is 0 Å². The van der Waals surface area contributed by atoms with Crippen molar-refractivity contribution >= 4 is 0 Å². The normalized spacial score (nSPS) is 54.4. The van der Waals surface area contributed by atoms with Crippen molar-refractivity contribution < 1.29 is 70.0 Å². The topological polar surface area (TPSA) is 239 Å². The maximum absolute atomic E-state index is 12.4. The van der Waals surface area contributed by atoms with Crippen LogP contribution in [0.15, 0.2) is 0 Å². The Hall–Kier alpha value is -0.560. The highest BCUT2D eigenvalue weighted by Gasteiger charge is 2.84. The molecule has 2 saturated heterocycles. The second-order valence-corrected chi connectivity index (χ2v) is 20.7. The molecular formula is C41H70O14. The Labute approximate surface area is 325 Å². The molecule has 0 aromatic heterocycles. The minimum atomic E-state index is -1.71. The standard InChI is InChI=1S/C41H70O14/c1-19(8-9-25(46)37(4,5)51)27-21(44)15-39(7)33-20(43)14-24-36(2,3)26(10-11-40(24)18-41(33,40)13-12-38(27,39)6)54-34-31(50)32(22(45)17-52-34)55-35-30(49)29(48)28(47)23(16-42)53-35/h19-35,42-51H,8-18H2,1-7H3. The van der Waals surface area contributed by atoms with Crippen molar-refractivity contribution in [2.75, 3.05) is 13.2 Å². The van der Waals surface area contributed by atoms with Gasteiger partial charge in [-0.1, -0.05) is 34.6 Å². The van der Waals surface area contributed by atoms with E-state index in [1.54, 1.807) is 13.8 Å². The predicted molar refractivity (Wildman–Crippen MR) is 196 cm³/mol. The third kappa shape index (κ3) is 6.33. The lowest BCUT2D eigenvalue weighted by atomic mass is 9.41. The van der Waals surface area contributed by atoms with Crippen LogP contribution in [-0.4, -0.2) is 150 Å². The second-order valence-electron chi connectivity index (χ2n) is 20.7. The van der Waals surface area contributed by atoms with Gasteiger partial charge in [0.1, 0.15) is 42.7 Å². The van der Waals surface area contributed by atoms with Crippen molar-refractivity contribution in [3.63, 3.8) is 0 Å². The highest BCUT2D eigenvalue weighted by molar-refractivity contribution is 5.32. The molecule has 21 unspecified atom stereocenters. The van der Waals surface area contributed by atoms with Gasteiger partial charge in [-0.25, -0.2) is 0 Å². The lowest BCUT2D eigenvalue weighted by molar-refractivity contribution is -0.356. The van der Waals surface area contributed by atoms with Crippen LogP contribution in [0.5, 0.6) is 0 Å². The van der Waals surface area contributed by atoms with E-state index < -0.39 is 91.2 Å². The summed E-state index contributed by atoms with van der Waals surface area (Å²) in [7, 11) is 0. The van der Waals surface area contributed by atoms with Crippen molar-refractivity contribution in [1.29, 1.82) is 0 Å². The fraction of sp³-hybridized carbons (Fsp3) is 1.00. The summed E-state index contributed by atoms with van der Waals surface area (Å²) in [5, 5.41) is 108. The number of rotatable bonds is 10. The zero-order valence-electron chi connectivity index (χ0n) is 33.7. The Kier molecular flexibility index (Phi) is 11.1. The predicted octanol–water partition coefficient (Wildman–Crippen LogP) is 0.564. The molecule has 0 radical (unpaired) electrons. The number of aliphatic hydroxyl groups excluding tert-OH is 9. The summed E-state index contributed by atoms with van der Waals surface area (Å²) in [6.45, 7) is 13.5. The van der Waals surface area contributed by atoms with E-state index in [1.165, 1.54) is 0 Å². The fourth-order valence-electron chi connectivity index (χ4n) is 14.2. The third-order valence-corrected chi connectivity index (χ3v) is 17.3. The molecule has 14 heteroatoms. The van der Waals surface area contributed by atoms with Crippen LogP contribution in [0.25, 0.3) is 0 Å². The van der Waals surface area contributed by atoms with Gasteiger partial charge >= 0.3 is 0 Å². The molecule has 2 aliphatic heterocycles. The van der Waals surface area contributed by atoms with Gasteiger partial charge in [0.2, 0.25) is 0 Å². The summed E-state index contributed by atoms with van der Waals surface area (Å²) in [6.07, 6.45) is -8.53. The Morgan fingerprint density at radius 1 is 0.782 bits per heavy atom. The van der Waals surface area contributed by atoms with Crippen LogP contribution in [0.2, 0.25) is 0 Å². The molecular weight excluding hydrogens is 716 g/mol. The van der Waals surface area contributed by atoms with Gasteiger partial charge in [-0.15, -0.1) is 0 Å². The molecule has 5 saturated carbocycles. The number of ether oxygens (including phenoxy) is 4. The van der Waals surface area contributed by atoms with Crippen LogP contribution < -0.4 is 0 Å². The van der Waals surface area contributed by atoms with E-state index in [4.69, 9.17) is 18.9 Å². The lowest BCUT2D eigenvalue weighted by Gasteiger charge is -2.64. The van der Waals surface area contributed by atoms with Gasteiger partial charge in [0.25, 0.3) is 0 Å². The first kappa shape index (κ1) is 42.6. The number of fused-ring (bicyclic) bond motifs is 2. The number of hydrogen-bond acceptors (Lipinski definition) is 14. The molecule has 7 fully saturated rings. The van der Waals surface area contributed by atoms with Crippen LogP contribution in [-0.2, 0) is 18.9 Å². The van der Waals surface area contributed by atoms with Gasteiger partial charge in [0, 0.05) is 0 Å². The summed E-state index contributed by atoms with van der Waals surface area (Å²) in [5.74, 6) is 0.289. The highest BCUT2D eigenvalue weighted by Crippen LogP contribution is 2.89. The van der Waals surface area contributed by atoms with Crippen molar-refractivity contribution in [1.82, 2.24) is 0 Å². The molecule has 5 aliphatic carbocycles. The molecule has 21 atom stereocenters. The highest BCUT2D eigenvalue weighted by atomic mass is 16.7. The van der Waals surface area contributed by atoms with Gasteiger partial charge in [-0.05, 0) is 122 Å². The Morgan fingerprint density at radius 3 is 2.13 bits per heavy atom. The zero-order valence-corrected chi connectivity index (χ0v) is 33.7. The molecule has 2 spiro atoms. The van der Waals surface area contributed by atoms with Crippen molar-refractivity contribution in [3.05, 3.63) is 0 Å². The summed E-state index contributed by atoms with van der Waals surface area (Å²) in [5.41, 5.74) is -2.17. The SMILES string of the molecule is CC(CCC(O)C(C)(C)O)C1C(O)CC2(C)C3C(O)CC4C(C)(C)C(OC5OCC(O)C(OC6OC(CO)C(O)C(O)C6O)C5O)CCC45CC35CCC12C. The molecule has 7 rings (SSSR count). The lowest BCUT2D eigenvalue weighted by Crippen LogP contribution is -2.64. The van der Waals surface area contributed by atoms with Gasteiger partial charge in [-0.3, -0.25) is 0 Å². The van der Waals surface area contributed by atoms with Crippen molar-refractivity contribution in [3.8, 4) is 0 Å². The first-order chi connectivity index (χ1) is 25.5. The largest absolute Gasteiger partial charge is 0.394 e. The molecule has 14 nitrogen and oxygen atoms in total. The summed E-state index contributed by atoms with van der Waals surface area (Å²) >= 11 is 0. The second kappa shape index (κ2) is 14.3. The average molecular weight is 787 g/mol. The zero-order chi connectivity index (χ0) is 40.4. The maximum Gasteiger partial charge on any atom is 0.187 e. The van der Waals surface area contributed by atoms with E-state index in [-0.39, 0.29) is 58.0 Å². The van der Waals surface area contributed by atoms with E-state index in [0.29, 0.717) is 32.1 Å². The number of aliphatic hydroxyl groups is 10. The molecule has 318 valence electrons. The molecule has 10 N–H and O–H groups in total. The number of hydrogen-bond donors (Lipinski definition) is 10. The Balaban J connectivity index is 1.05. The maximum atomic E-state index is 12.4. The van der Waals surface area contributed by atoms with Gasteiger partial charge in [0.05, 0.1) is 43.2 Å². The van der Waals surface area contributed by atoms with E-state index in [1.807, 2.05) is 0 Å². The fourth-order valence-corrected chi connectivity index (χ4v) is 14.2. The van der Waals surface area contributed by atoms with E-state index in [9.17, 15) is 51.1 Å². The molecule has 0 amide bonds. The van der Waals surface area contributed by atoms with Gasteiger partial charge in [-0.2, -0.15) is 0 Å². The van der Waals surface area contributed by atoms with Crippen LogP contribution in [0, 0.1) is 50.7 Å². The van der Waals surface area contributed by atoms with Crippen LogP contribution in [0.1, 0.15) is 106 Å².